The van der Waals surface area contributed by atoms with E-state index in [1.807, 2.05) is 42.6 Å². The maximum atomic E-state index is 12.0. The van der Waals surface area contributed by atoms with Gasteiger partial charge in [-0.2, -0.15) is 0 Å². The third-order valence-electron chi connectivity index (χ3n) is 5.37. The van der Waals surface area contributed by atoms with Crippen molar-refractivity contribution in [3.8, 4) is 11.3 Å². The van der Waals surface area contributed by atoms with Crippen molar-refractivity contribution in [1.82, 2.24) is 9.97 Å². The monoisotopic (exact) mass is 487 g/mol. The molecule has 2 aromatic heterocycles. The van der Waals surface area contributed by atoms with Crippen LogP contribution in [0.2, 0.25) is 10.0 Å². The zero-order valence-electron chi connectivity index (χ0n) is 17.7. The molecule has 2 heterocycles. The molecule has 8 heteroatoms. The Kier molecular flexibility index (Phi) is 6.74. The van der Waals surface area contributed by atoms with Crippen molar-refractivity contribution in [3.05, 3.63) is 69.1 Å². The summed E-state index contributed by atoms with van der Waals surface area (Å²) in [5.41, 5.74) is 3.75. The van der Waals surface area contributed by atoms with E-state index in [0.29, 0.717) is 21.6 Å². The zero-order valence-corrected chi connectivity index (χ0v) is 20.0. The summed E-state index contributed by atoms with van der Waals surface area (Å²) in [5, 5.41) is 15.8. The molecule has 0 radical (unpaired) electrons. The van der Waals surface area contributed by atoms with Crippen molar-refractivity contribution >= 4 is 56.5 Å². The number of hydrogen-bond donors (Lipinski definition) is 3. The van der Waals surface area contributed by atoms with Gasteiger partial charge in [0.2, 0.25) is 0 Å². The third kappa shape index (κ3) is 4.77. The fourth-order valence-electron chi connectivity index (χ4n) is 3.70. The van der Waals surface area contributed by atoms with Gasteiger partial charge in [-0.25, -0.2) is 4.98 Å². The number of rotatable bonds is 8. The number of thiazole rings is 1. The first-order valence-electron chi connectivity index (χ1n) is 10.3. The number of aromatic amines is 1. The van der Waals surface area contributed by atoms with E-state index in [0.717, 1.165) is 32.6 Å². The van der Waals surface area contributed by atoms with Crippen LogP contribution in [0.5, 0.6) is 0 Å². The molecule has 4 rings (SSSR count). The first-order valence-corrected chi connectivity index (χ1v) is 11.9. The van der Waals surface area contributed by atoms with Gasteiger partial charge in [0.1, 0.15) is 0 Å². The summed E-state index contributed by atoms with van der Waals surface area (Å²) in [6.45, 7) is 4.49. The summed E-state index contributed by atoms with van der Waals surface area (Å²) in [7, 11) is 0. The summed E-state index contributed by atoms with van der Waals surface area (Å²) >= 11 is 13.8. The molecule has 0 aliphatic heterocycles. The van der Waals surface area contributed by atoms with Crippen molar-refractivity contribution in [2.24, 2.45) is 5.92 Å². The van der Waals surface area contributed by atoms with E-state index < -0.39 is 11.9 Å². The molecule has 0 aliphatic carbocycles. The molecule has 0 amide bonds. The number of nitrogens with zero attached hydrogens (tertiary/aromatic N) is 1. The Bertz CT molecular complexity index is 1270. The van der Waals surface area contributed by atoms with Crippen molar-refractivity contribution in [2.45, 2.75) is 26.2 Å². The van der Waals surface area contributed by atoms with Crippen LogP contribution in [0.15, 0.2) is 48.7 Å². The summed E-state index contributed by atoms with van der Waals surface area (Å²) < 4.78 is 0. The molecule has 1 unspecified atom stereocenters. The van der Waals surface area contributed by atoms with E-state index in [4.69, 9.17) is 28.2 Å². The highest BCUT2D eigenvalue weighted by molar-refractivity contribution is 7.16. The number of halogens is 2. The van der Waals surface area contributed by atoms with Crippen LogP contribution in [0.1, 0.15) is 30.2 Å². The lowest BCUT2D eigenvalue weighted by Gasteiger charge is -2.14. The molecule has 2 aromatic carbocycles. The Balaban J connectivity index is 1.55. The van der Waals surface area contributed by atoms with Crippen LogP contribution in [0.3, 0.4) is 0 Å². The molecule has 1 atom stereocenters. The normalized spacial score (nSPS) is 12.4. The quantitative estimate of drug-likeness (QED) is 0.248. The summed E-state index contributed by atoms with van der Waals surface area (Å²) in [5.74, 6) is -1.17. The standard InChI is InChI=1S/C24H23Cl2N3O2S/c1-13(2)22-21(15-6-7-18(25)19(26)11-15)29-24(32-22)28-12-16(23(30)31)10-14-4-3-5-20-17(14)8-9-27-20/h3-9,11,13,16,27H,10,12H2,1-2H3,(H,28,29)(H,30,31). The van der Waals surface area contributed by atoms with Gasteiger partial charge in [-0.3, -0.25) is 4.79 Å². The molecule has 0 saturated heterocycles. The Hall–Kier alpha value is -2.54. The second-order valence-electron chi connectivity index (χ2n) is 7.99. The molecule has 0 bridgehead atoms. The fourth-order valence-corrected chi connectivity index (χ4v) is 5.00. The van der Waals surface area contributed by atoms with E-state index >= 15 is 0 Å². The number of carbonyl (C=O) groups is 1. The lowest BCUT2D eigenvalue weighted by Crippen LogP contribution is -2.25. The van der Waals surface area contributed by atoms with Gasteiger partial charge in [-0.15, -0.1) is 11.3 Å². The molecular formula is C24H23Cl2N3O2S. The van der Waals surface area contributed by atoms with Crippen LogP contribution >= 0.6 is 34.5 Å². The van der Waals surface area contributed by atoms with Gasteiger partial charge in [0, 0.05) is 34.1 Å². The average molecular weight is 488 g/mol. The highest BCUT2D eigenvalue weighted by Gasteiger charge is 2.22. The van der Waals surface area contributed by atoms with Crippen molar-refractivity contribution in [3.63, 3.8) is 0 Å². The number of benzene rings is 2. The van der Waals surface area contributed by atoms with E-state index in [-0.39, 0.29) is 12.5 Å². The van der Waals surface area contributed by atoms with Gasteiger partial charge in [0.05, 0.1) is 21.7 Å². The van der Waals surface area contributed by atoms with E-state index in [1.54, 1.807) is 17.4 Å². The number of aliphatic carboxylic acids is 1. The van der Waals surface area contributed by atoms with Gasteiger partial charge >= 0.3 is 5.97 Å². The fraction of sp³-hybridized carbons (Fsp3) is 0.250. The molecule has 0 spiro atoms. The van der Waals surface area contributed by atoms with Crippen LogP contribution in [-0.2, 0) is 11.2 Å². The zero-order chi connectivity index (χ0) is 22.8. The van der Waals surface area contributed by atoms with Crippen molar-refractivity contribution in [1.29, 1.82) is 0 Å². The minimum absolute atomic E-state index is 0.258. The number of anilines is 1. The molecule has 0 fully saturated rings. The first kappa shape index (κ1) is 22.6. The average Bonchev–Trinajstić information content (AvgIpc) is 3.40. The highest BCUT2D eigenvalue weighted by Crippen LogP contribution is 2.38. The van der Waals surface area contributed by atoms with Crippen molar-refractivity contribution in [2.75, 3.05) is 11.9 Å². The molecule has 3 N–H and O–H groups in total. The van der Waals surface area contributed by atoms with E-state index in [9.17, 15) is 9.90 Å². The predicted octanol–water partition coefficient (Wildman–Crippen LogP) is 7.08. The largest absolute Gasteiger partial charge is 0.481 e. The SMILES string of the molecule is CC(C)c1sc(NCC(Cc2cccc3[nH]ccc23)C(=O)O)nc1-c1ccc(Cl)c(Cl)c1. The minimum Gasteiger partial charge on any atom is -0.481 e. The van der Waals surface area contributed by atoms with Gasteiger partial charge in [0.25, 0.3) is 0 Å². The number of fused-ring (bicyclic) bond motifs is 1. The molecule has 5 nitrogen and oxygen atoms in total. The smallest absolute Gasteiger partial charge is 0.308 e. The lowest BCUT2D eigenvalue weighted by molar-refractivity contribution is -0.141. The van der Waals surface area contributed by atoms with Crippen LogP contribution < -0.4 is 5.32 Å². The second kappa shape index (κ2) is 9.53. The first-order chi connectivity index (χ1) is 15.3. The van der Waals surface area contributed by atoms with Crippen LogP contribution in [0, 0.1) is 5.92 Å². The lowest BCUT2D eigenvalue weighted by atomic mass is 9.97. The van der Waals surface area contributed by atoms with Gasteiger partial charge in [0.15, 0.2) is 5.13 Å². The Morgan fingerprint density at radius 2 is 2.00 bits per heavy atom. The molecular weight excluding hydrogens is 465 g/mol. The molecule has 166 valence electrons. The van der Waals surface area contributed by atoms with Gasteiger partial charge < -0.3 is 15.4 Å². The molecule has 4 aromatic rings. The summed E-state index contributed by atoms with van der Waals surface area (Å²) in [6.07, 6.45) is 2.30. The topological polar surface area (TPSA) is 78.0 Å². The van der Waals surface area contributed by atoms with Crippen LogP contribution in [-0.4, -0.2) is 27.6 Å². The number of H-pyrrole nitrogens is 1. The molecule has 32 heavy (non-hydrogen) atoms. The number of nitrogens with one attached hydrogen (secondary N) is 2. The predicted molar refractivity (Wildman–Crippen MR) is 133 cm³/mol. The van der Waals surface area contributed by atoms with Gasteiger partial charge in [-0.1, -0.05) is 55.2 Å². The summed E-state index contributed by atoms with van der Waals surface area (Å²) in [4.78, 5) is 21.0. The number of aromatic nitrogens is 2. The second-order valence-corrected chi connectivity index (χ2v) is 9.84. The maximum absolute atomic E-state index is 12.0. The Morgan fingerprint density at radius 1 is 1.19 bits per heavy atom. The van der Waals surface area contributed by atoms with Gasteiger partial charge in [-0.05, 0) is 42.2 Å². The van der Waals surface area contributed by atoms with Crippen molar-refractivity contribution < 1.29 is 9.90 Å². The number of carboxylic acids is 1. The maximum Gasteiger partial charge on any atom is 0.308 e. The minimum atomic E-state index is -0.838. The number of hydrogen-bond acceptors (Lipinski definition) is 4. The van der Waals surface area contributed by atoms with E-state index in [1.165, 1.54) is 0 Å². The molecule has 0 aliphatic rings. The number of carboxylic acid groups (broad SMARTS) is 1. The summed E-state index contributed by atoms with van der Waals surface area (Å²) in [6, 6.07) is 13.4. The Morgan fingerprint density at radius 3 is 2.72 bits per heavy atom. The van der Waals surface area contributed by atoms with E-state index in [2.05, 4.69) is 24.1 Å². The molecule has 0 saturated carbocycles. The highest BCUT2D eigenvalue weighted by atomic mass is 35.5. The van der Waals surface area contributed by atoms with Crippen LogP contribution in [0.4, 0.5) is 5.13 Å². The third-order valence-corrected chi connectivity index (χ3v) is 7.42. The van der Waals surface area contributed by atoms with Crippen LogP contribution in [0.25, 0.3) is 22.2 Å². The Labute approximate surface area is 200 Å².